The van der Waals surface area contributed by atoms with E-state index in [-0.39, 0.29) is 11.8 Å². The molecule has 25 heavy (non-hydrogen) atoms. The molecule has 1 rings (SSSR count). The Morgan fingerprint density at radius 2 is 1.32 bits per heavy atom. The van der Waals surface area contributed by atoms with Crippen LogP contribution in [0, 0.1) is 0 Å². The summed E-state index contributed by atoms with van der Waals surface area (Å²) in [6.45, 7) is 2.25. The molecule has 0 saturated heterocycles. The van der Waals surface area contributed by atoms with Gasteiger partial charge in [0, 0.05) is 24.4 Å². The van der Waals surface area contributed by atoms with Gasteiger partial charge < -0.3 is 0 Å². The van der Waals surface area contributed by atoms with E-state index < -0.39 is 0 Å². The molecule has 0 fully saturated rings. The van der Waals surface area contributed by atoms with Crippen LogP contribution in [0.25, 0.3) is 0 Å². The number of hydrogen-bond donors (Lipinski definition) is 2. The number of carbonyl (C=O) groups is 2. The molecule has 0 radical (unpaired) electrons. The van der Waals surface area contributed by atoms with Crippen molar-refractivity contribution in [2.45, 2.75) is 84.0 Å². The van der Waals surface area contributed by atoms with Gasteiger partial charge in [0.05, 0.1) is 0 Å². The molecule has 0 unspecified atom stereocenters. The summed E-state index contributed by atoms with van der Waals surface area (Å²) in [5.74, 6) is -0.465. The molecule has 0 aliphatic rings. The van der Waals surface area contributed by atoms with Gasteiger partial charge in [0.25, 0.3) is 5.91 Å². The van der Waals surface area contributed by atoms with Crippen LogP contribution < -0.4 is 10.9 Å². The predicted octanol–water partition coefficient (Wildman–Crippen LogP) is 4.54. The van der Waals surface area contributed by atoms with Crippen LogP contribution in [0.5, 0.6) is 0 Å². The molecule has 0 spiro atoms. The molecule has 2 N–H and O–H groups in total. The molecule has 2 amide bonds. The Kier molecular flexibility index (Phi) is 12.2. The summed E-state index contributed by atoms with van der Waals surface area (Å²) in [5.41, 5.74) is 5.36. The van der Waals surface area contributed by atoms with E-state index in [1.807, 2.05) is 0 Å². The van der Waals surface area contributed by atoms with E-state index in [1.165, 1.54) is 57.8 Å². The van der Waals surface area contributed by atoms with Crippen molar-refractivity contribution in [3.8, 4) is 0 Å². The van der Waals surface area contributed by atoms with Crippen LogP contribution in [0.15, 0.2) is 24.5 Å². The van der Waals surface area contributed by atoms with Gasteiger partial charge >= 0.3 is 0 Å². The Labute approximate surface area is 152 Å². The van der Waals surface area contributed by atoms with Crippen molar-refractivity contribution in [1.82, 2.24) is 15.8 Å². The van der Waals surface area contributed by atoms with Crippen LogP contribution in [0.3, 0.4) is 0 Å². The van der Waals surface area contributed by atoms with Crippen LogP contribution in [0.4, 0.5) is 0 Å². The molecule has 0 aliphatic heterocycles. The minimum Gasteiger partial charge on any atom is -0.273 e. The molecule has 140 valence electrons. The van der Waals surface area contributed by atoms with E-state index in [0.717, 1.165) is 12.8 Å². The fourth-order valence-electron chi connectivity index (χ4n) is 2.71. The van der Waals surface area contributed by atoms with E-state index >= 15 is 0 Å². The maximum atomic E-state index is 11.8. The van der Waals surface area contributed by atoms with E-state index in [0.29, 0.717) is 12.0 Å². The molecular formula is C20H33N3O2. The van der Waals surface area contributed by atoms with Crippen LogP contribution in [0.2, 0.25) is 0 Å². The molecule has 5 nitrogen and oxygen atoms in total. The van der Waals surface area contributed by atoms with Gasteiger partial charge in [-0.1, -0.05) is 71.1 Å². The van der Waals surface area contributed by atoms with Gasteiger partial charge in [-0.2, -0.15) is 0 Å². The first kappa shape index (κ1) is 21.1. The number of amides is 2. The lowest BCUT2D eigenvalue weighted by atomic mass is 10.1. The Bertz CT molecular complexity index is 477. The summed E-state index contributed by atoms with van der Waals surface area (Å²) in [6.07, 6.45) is 17.4. The SMILES string of the molecule is CCCCCCCCCCCCCC(=O)NNC(=O)c1ccncc1. The highest BCUT2D eigenvalue weighted by Crippen LogP contribution is 2.11. The summed E-state index contributed by atoms with van der Waals surface area (Å²) in [4.78, 5) is 27.3. The van der Waals surface area contributed by atoms with Gasteiger partial charge in [-0.15, -0.1) is 0 Å². The lowest BCUT2D eigenvalue weighted by molar-refractivity contribution is -0.122. The number of carbonyl (C=O) groups excluding carboxylic acids is 2. The zero-order valence-electron chi connectivity index (χ0n) is 15.6. The van der Waals surface area contributed by atoms with Crippen molar-refractivity contribution in [1.29, 1.82) is 0 Å². The van der Waals surface area contributed by atoms with Gasteiger partial charge in [-0.25, -0.2) is 0 Å². The second-order valence-corrected chi connectivity index (χ2v) is 6.52. The third-order valence-corrected chi connectivity index (χ3v) is 4.27. The van der Waals surface area contributed by atoms with Crippen molar-refractivity contribution in [2.75, 3.05) is 0 Å². The predicted molar refractivity (Wildman–Crippen MR) is 101 cm³/mol. The third-order valence-electron chi connectivity index (χ3n) is 4.27. The molecule has 0 aliphatic carbocycles. The molecule has 0 saturated carbocycles. The number of nitrogens with one attached hydrogen (secondary N) is 2. The van der Waals surface area contributed by atoms with Gasteiger partial charge in [-0.3, -0.25) is 25.4 Å². The molecule has 0 bridgehead atoms. The first-order valence-corrected chi connectivity index (χ1v) is 9.73. The molecule has 0 atom stereocenters. The van der Waals surface area contributed by atoms with Crippen molar-refractivity contribution in [3.63, 3.8) is 0 Å². The van der Waals surface area contributed by atoms with Gasteiger partial charge in [0.2, 0.25) is 5.91 Å². The smallest absolute Gasteiger partial charge is 0.269 e. The summed E-state index contributed by atoms with van der Waals surface area (Å²) >= 11 is 0. The standard InChI is InChI=1S/C20H33N3O2/c1-2-3-4-5-6-7-8-9-10-11-12-13-19(24)22-23-20(25)18-14-16-21-17-15-18/h14-17H,2-13H2,1H3,(H,22,24)(H,23,25). The average molecular weight is 348 g/mol. The van der Waals surface area contributed by atoms with Crippen molar-refractivity contribution in [3.05, 3.63) is 30.1 Å². The van der Waals surface area contributed by atoms with Crippen LogP contribution in [-0.4, -0.2) is 16.8 Å². The Morgan fingerprint density at radius 1 is 0.800 bits per heavy atom. The van der Waals surface area contributed by atoms with Gasteiger partial charge in [0.15, 0.2) is 0 Å². The number of hydrazine groups is 1. The molecular weight excluding hydrogens is 314 g/mol. The maximum absolute atomic E-state index is 11.8. The van der Waals surface area contributed by atoms with E-state index in [1.54, 1.807) is 24.5 Å². The third kappa shape index (κ3) is 11.3. The zero-order valence-corrected chi connectivity index (χ0v) is 15.6. The summed E-state index contributed by atoms with van der Waals surface area (Å²) in [7, 11) is 0. The fraction of sp³-hybridized carbons (Fsp3) is 0.650. The number of rotatable bonds is 13. The van der Waals surface area contributed by atoms with Gasteiger partial charge in [0.1, 0.15) is 0 Å². The summed E-state index contributed by atoms with van der Waals surface area (Å²) in [5, 5.41) is 0. The largest absolute Gasteiger partial charge is 0.273 e. The van der Waals surface area contributed by atoms with Crippen molar-refractivity contribution in [2.24, 2.45) is 0 Å². The number of pyridine rings is 1. The number of unbranched alkanes of at least 4 members (excludes halogenated alkanes) is 10. The molecule has 0 aromatic carbocycles. The Morgan fingerprint density at radius 3 is 1.88 bits per heavy atom. The van der Waals surface area contributed by atoms with Crippen molar-refractivity contribution < 1.29 is 9.59 Å². The average Bonchev–Trinajstić information content (AvgIpc) is 2.65. The van der Waals surface area contributed by atoms with Crippen LogP contribution in [-0.2, 0) is 4.79 Å². The van der Waals surface area contributed by atoms with E-state index in [2.05, 4.69) is 22.8 Å². The minimum absolute atomic E-state index is 0.140. The highest BCUT2D eigenvalue weighted by atomic mass is 16.2. The van der Waals surface area contributed by atoms with Crippen LogP contribution >= 0.6 is 0 Å². The normalized spacial score (nSPS) is 10.4. The fourth-order valence-corrected chi connectivity index (χ4v) is 2.71. The lowest BCUT2D eigenvalue weighted by Gasteiger charge is -2.07. The highest BCUT2D eigenvalue weighted by molar-refractivity contribution is 5.95. The Hall–Kier alpha value is -1.91. The summed E-state index contributed by atoms with van der Waals surface area (Å²) < 4.78 is 0. The molecule has 1 aromatic heterocycles. The lowest BCUT2D eigenvalue weighted by Crippen LogP contribution is -2.41. The second kappa shape index (κ2) is 14.4. The zero-order chi connectivity index (χ0) is 18.2. The second-order valence-electron chi connectivity index (χ2n) is 6.52. The van der Waals surface area contributed by atoms with Crippen LogP contribution in [0.1, 0.15) is 94.3 Å². The van der Waals surface area contributed by atoms with Crippen molar-refractivity contribution >= 4 is 11.8 Å². The summed E-state index contributed by atoms with van der Waals surface area (Å²) in [6, 6.07) is 3.20. The number of nitrogens with zero attached hydrogens (tertiary/aromatic N) is 1. The highest BCUT2D eigenvalue weighted by Gasteiger charge is 2.06. The molecule has 5 heteroatoms. The Balaban J connectivity index is 1.91. The first-order valence-electron chi connectivity index (χ1n) is 9.73. The monoisotopic (exact) mass is 347 g/mol. The minimum atomic E-state index is -0.324. The van der Waals surface area contributed by atoms with E-state index in [4.69, 9.17) is 0 Å². The molecule has 1 aromatic rings. The topological polar surface area (TPSA) is 71.1 Å². The molecule has 1 heterocycles. The van der Waals surface area contributed by atoms with E-state index in [9.17, 15) is 9.59 Å². The number of hydrogen-bond acceptors (Lipinski definition) is 3. The number of aromatic nitrogens is 1. The maximum Gasteiger partial charge on any atom is 0.269 e. The first-order chi connectivity index (χ1) is 12.2. The quantitative estimate of drug-likeness (QED) is 0.406. The van der Waals surface area contributed by atoms with Gasteiger partial charge in [-0.05, 0) is 18.6 Å².